The molecule has 2 aromatic rings. The molecule has 1 amide bonds. The van der Waals surface area contributed by atoms with E-state index in [1.165, 1.54) is 24.7 Å². The number of nitrogens with two attached hydrogens (primary N) is 1. The van der Waals surface area contributed by atoms with E-state index < -0.39 is 5.91 Å². The summed E-state index contributed by atoms with van der Waals surface area (Å²) in [7, 11) is 0. The SMILES string of the molecule is CCOc1ncc(-c2cncc(C(=O)NN)n2)cc1O. The quantitative estimate of drug-likeness (QED) is 0.415. The Morgan fingerprint density at radius 2 is 2.25 bits per heavy atom. The van der Waals surface area contributed by atoms with Gasteiger partial charge in [-0.15, -0.1) is 0 Å². The molecule has 0 fully saturated rings. The van der Waals surface area contributed by atoms with Crippen molar-refractivity contribution in [2.45, 2.75) is 6.92 Å². The molecule has 2 aromatic heterocycles. The van der Waals surface area contributed by atoms with Crippen molar-refractivity contribution in [2.75, 3.05) is 6.61 Å². The highest BCUT2D eigenvalue weighted by Gasteiger charge is 2.11. The minimum absolute atomic E-state index is 0.0679. The van der Waals surface area contributed by atoms with Crippen LogP contribution < -0.4 is 16.0 Å². The Hall–Kier alpha value is -2.74. The number of nitrogens with one attached hydrogen (secondary N) is 1. The number of nitrogen functional groups attached to an aromatic ring is 1. The Morgan fingerprint density at radius 1 is 1.45 bits per heavy atom. The van der Waals surface area contributed by atoms with Gasteiger partial charge in [0.05, 0.1) is 24.7 Å². The second-order valence-corrected chi connectivity index (χ2v) is 3.74. The predicted octanol–water partition coefficient (Wildman–Crippen LogP) is 0.246. The molecule has 2 heterocycles. The second-order valence-electron chi connectivity index (χ2n) is 3.74. The molecule has 2 rings (SSSR count). The number of hydrogen-bond donors (Lipinski definition) is 3. The van der Waals surface area contributed by atoms with E-state index in [-0.39, 0.29) is 17.3 Å². The first-order valence-corrected chi connectivity index (χ1v) is 5.81. The zero-order valence-electron chi connectivity index (χ0n) is 10.7. The Bertz CT molecular complexity index is 632. The van der Waals surface area contributed by atoms with Crippen molar-refractivity contribution in [2.24, 2.45) is 5.84 Å². The highest BCUT2D eigenvalue weighted by Crippen LogP contribution is 2.27. The minimum Gasteiger partial charge on any atom is -0.503 e. The van der Waals surface area contributed by atoms with Crippen LogP contribution in [0.4, 0.5) is 0 Å². The number of aromatic hydroxyl groups is 1. The van der Waals surface area contributed by atoms with Crippen LogP contribution in [-0.4, -0.2) is 32.6 Å². The molecule has 20 heavy (non-hydrogen) atoms. The fraction of sp³-hybridized carbons (Fsp3) is 0.167. The van der Waals surface area contributed by atoms with Crippen LogP contribution in [0.15, 0.2) is 24.7 Å². The number of aromatic nitrogens is 3. The lowest BCUT2D eigenvalue weighted by Crippen LogP contribution is -2.30. The Labute approximate surface area is 114 Å². The highest BCUT2D eigenvalue weighted by molar-refractivity contribution is 5.91. The molecule has 0 aliphatic heterocycles. The summed E-state index contributed by atoms with van der Waals surface area (Å²) in [6, 6.07) is 1.44. The van der Waals surface area contributed by atoms with Gasteiger partial charge < -0.3 is 9.84 Å². The van der Waals surface area contributed by atoms with Crippen LogP contribution in [0.25, 0.3) is 11.3 Å². The van der Waals surface area contributed by atoms with Crippen molar-refractivity contribution in [1.29, 1.82) is 0 Å². The van der Waals surface area contributed by atoms with Crippen LogP contribution in [0.2, 0.25) is 0 Å². The molecule has 0 aliphatic rings. The average Bonchev–Trinajstić information content (AvgIpc) is 2.49. The Balaban J connectivity index is 2.36. The van der Waals surface area contributed by atoms with Gasteiger partial charge in [-0.2, -0.15) is 0 Å². The first-order chi connectivity index (χ1) is 9.65. The van der Waals surface area contributed by atoms with Crippen LogP contribution >= 0.6 is 0 Å². The first kappa shape index (κ1) is 13.7. The monoisotopic (exact) mass is 275 g/mol. The maximum atomic E-state index is 11.4. The van der Waals surface area contributed by atoms with Crippen LogP contribution in [-0.2, 0) is 0 Å². The van der Waals surface area contributed by atoms with Crippen LogP contribution in [0.5, 0.6) is 11.6 Å². The predicted molar refractivity (Wildman–Crippen MR) is 69.8 cm³/mol. The first-order valence-electron chi connectivity index (χ1n) is 5.81. The molecule has 0 atom stereocenters. The molecule has 0 radical (unpaired) electrons. The summed E-state index contributed by atoms with van der Waals surface area (Å²) in [5.41, 5.74) is 2.93. The van der Waals surface area contributed by atoms with Gasteiger partial charge in [0.1, 0.15) is 5.69 Å². The summed E-state index contributed by atoms with van der Waals surface area (Å²) >= 11 is 0. The zero-order chi connectivity index (χ0) is 14.5. The van der Waals surface area contributed by atoms with Gasteiger partial charge in [-0.25, -0.2) is 15.8 Å². The van der Waals surface area contributed by atoms with Crippen molar-refractivity contribution in [3.05, 3.63) is 30.4 Å². The summed E-state index contributed by atoms with van der Waals surface area (Å²) < 4.78 is 5.13. The zero-order valence-corrected chi connectivity index (χ0v) is 10.7. The lowest BCUT2D eigenvalue weighted by Gasteiger charge is -2.07. The number of amides is 1. The van der Waals surface area contributed by atoms with E-state index in [0.717, 1.165) is 0 Å². The number of rotatable bonds is 4. The van der Waals surface area contributed by atoms with Crippen molar-refractivity contribution in [3.63, 3.8) is 0 Å². The van der Waals surface area contributed by atoms with E-state index in [0.29, 0.717) is 17.9 Å². The fourth-order valence-electron chi connectivity index (χ4n) is 1.52. The highest BCUT2D eigenvalue weighted by atomic mass is 16.5. The maximum absolute atomic E-state index is 11.4. The van der Waals surface area contributed by atoms with Crippen molar-refractivity contribution < 1.29 is 14.6 Å². The van der Waals surface area contributed by atoms with Crippen molar-refractivity contribution in [3.8, 4) is 22.9 Å². The standard InChI is InChI=1S/C12H13N5O3/c1-2-20-12-10(18)3-7(4-15-12)8-5-14-6-9(16-8)11(19)17-13/h3-6,18H,2,13H2,1H3,(H,17,19). The van der Waals surface area contributed by atoms with Gasteiger partial charge in [0.2, 0.25) is 0 Å². The van der Waals surface area contributed by atoms with Gasteiger partial charge >= 0.3 is 0 Å². The third-order valence-electron chi connectivity index (χ3n) is 2.41. The molecule has 0 unspecified atom stereocenters. The van der Waals surface area contributed by atoms with Crippen LogP contribution in [0, 0.1) is 0 Å². The molecule has 0 spiro atoms. The van der Waals surface area contributed by atoms with E-state index in [2.05, 4.69) is 15.0 Å². The third kappa shape index (κ3) is 2.81. The summed E-state index contributed by atoms with van der Waals surface area (Å²) in [4.78, 5) is 23.3. The van der Waals surface area contributed by atoms with E-state index in [1.807, 2.05) is 5.43 Å². The number of pyridine rings is 1. The molecular weight excluding hydrogens is 262 g/mol. The van der Waals surface area contributed by atoms with Gasteiger partial charge in [-0.1, -0.05) is 0 Å². The average molecular weight is 275 g/mol. The van der Waals surface area contributed by atoms with Crippen molar-refractivity contribution in [1.82, 2.24) is 20.4 Å². The number of nitrogens with zero attached hydrogens (tertiary/aromatic N) is 3. The summed E-state index contributed by atoms with van der Waals surface area (Å²) in [6.07, 6.45) is 4.20. The van der Waals surface area contributed by atoms with Gasteiger partial charge in [-0.3, -0.25) is 15.2 Å². The lowest BCUT2D eigenvalue weighted by molar-refractivity contribution is 0.0948. The smallest absolute Gasteiger partial charge is 0.285 e. The third-order valence-corrected chi connectivity index (χ3v) is 2.41. The van der Waals surface area contributed by atoms with E-state index in [9.17, 15) is 9.90 Å². The molecule has 8 nitrogen and oxygen atoms in total. The number of carbonyl (C=O) groups excluding carboxylic acids is 1. The number of hydrazine groups is 1. The largest absolute Gasteiger partial charge is 0.503 e. The minimum atomic E-state index is -0.553. The Morgan fingerprint density at radius 3 is 2.90 bits per heavy atom. The molecule has 0 aromatic carbocycles. The molecule has 0 aliphatic carbocycles. The normalized spacial score (nSPS) is 10.1. The molecule has 8 heteroatoms. The summed E-state index contributed by atoms with van der Waals surface area (Å²) in [5, 5.41) is 9.77. The van der Waals surface area contributed by atoms with Gasteiger partial charge in [0.25, 0.3) is 11.8 Å². The molecule has 0 bridgehead atoms. The van der Waals surface area contributed by atoms with Gasteiger partial charge in [-0.05, 0) is 13.0 Å². The van der Waals surface area contributed by atoms with E-state index in [1.54, 1.807) is 6.92 Å². The maximum Gasteiger partial charge on any atom is 0.285 e. The van der Waals surface area contributed by atoms with Gasteiger partial charge in [0, 0.05) is 11.8 Å². The van der Waals surface area contributed by atoms with E-state index in [4.69, 9.17) is 10.6 Å². The topological polar surface area (TPSA) is 123 Å². The number of ether oxygens (including phenoxy) is 1. The number of carbonyl (C=O) groups is 1. The van der Waals surface area contributed by atoms with Crippen LogP contribution in [0.1, 0.15) is 17.4 Å². The number of hydrogen-bond acceptors (Lipinski definition) is 7. The molecular formula is C12H13N5O3. The van der Waals surface area contributed by atoms with E-state index >= 15 is 0 Å². The van der Waals surface area contributed by atoms with Gasteiger partial charge in [0.15, 0.2) is 5.75 Å². The molecule has 4 N–H and O–H groups in total. The summed E-state index contributed by atoms with van der Waals surface area (Å²) in [5.74, 6) is 4.51. The Kier molecular flexibility index (Phi) is 4.06. The second kappa shape index (κ2) is 5.93. The molecule has 104 valence electrons. The molecule has 0 saturated heterocycles. The summed E-state index contributed by atoms with van der Waals surface area (Å²) in [6.45, 7) is 2.18. The van der Waals surface area contributed by atoms with Crippen LogP contribution in [0.3, 0.4) is 0 Å². The fourth-order valence-corrected chi connectivity index (χ4v) is 1.52. The van der Waals surface area contributed by atoms with Crippen molar-refractivity contribution >= 4 is 5.91 Å². The molecule has 0 saturated carbocycles. The lowest BCUT2D eigenvalue weighted by atomic mass is 10.2.